The molecule has 0 N–H and O–H groups in total. The quantitative estimate of drug-likeness (QED) is 0.188. The smallest absolute Gasteiger partial charge is 0.245 e. The molecule has 3 aliphatic rings. The Bertz CT molecular complexity index is 1730. The Hall–Kier alpha value is -3.69. The molecule has 8 rings (SSSR count). The van der Waals surface area contributed by atoms with Crippen molar-refractivity contribution in [1.82, 2.24) is 4.57 Å². The molecule has 0 radical (unpaired) electrons. The number of hydrogen-bond donors (Lipinski definition) is 0. The molecule has 1 aromatic heterocycles. The Labute approximate surface area is 216 Å². The largest absolute Gasteiger partial charge is 0.310 e. The van der Waals surface area contributed by atoms with Gasteiger partial charge in [0.2, 0.25) is 6.71 Å². The van der Waals surface area contributed by atoms with E-state index < -0.39 is 0 Å². The molecule has 1 nitrogen and oxygen atoms in total. The van der Waals surface area contributed by atoms with Crippen LogP contribution in [0, 0.1) is 0 Å². The first-order valence-electron chi connectivity index (χ1n) is 12.9. The summed E-state index contributed by atoms with van der Waals surface area (Å²) in [6.07, 6.45) is 8.08. The zero-order valence-corrected chi connectivity index (χ0v) is 20.8. The maximum Gasteiger partial charge on any atom is 0.245 e. The van der Waals surface area contributed by atoms with Gasteiger partial charge in [0.25, 0.3) is 0 Å². The van der Waals surface area contributed by atoms with E-state index in [2.05, 4.69) is 114 Å². The zero-order chi connectivity index (χ0) is 23.6. The summed E-state index contributed by atoms with van der Waals surface area (Å²) in [6.45, 7) is 0.339. The summed E-state index contributed by atoms with van der Waals surface area (Å²) in [5.74, 6) is 0. The average Bonchev–Trinajstić information content (AvgIpc) is 3.11. The van der Waals surface area contributed by atoms with Crippen LogP contribution in [0.4, 0.5) is 0 Å². The SMILES string of the molecule is C1=CCC2=C(CC1)B1c3c(cccc3-n3c(-c4ccccc4)c(-c4ccccc4)c4cccc1c43)S2. The van der Waals surface area contributed by atoms with E-state index in [1.165, 1.54) is 54.8 Å². The van der Waals surface area contributed by atoms with E-state index in [0.29, 0.717) is 6.71 Å². The van der Waals surface area contributed by atoms with Gasteiger partial charge in [-0.2, -0.15) is 0 Å². The summed E-state index contributed by atoms with van der Waals surface area (Å²) in [7, 11) is 0. The number of aromatic nitrogens is 1. The molecule has 0 bridgehead atoms. The maximum atomic E-state index is 2.58. The summed E-state index contributed by atoms with van der Waals surface area (Å²) in [5.41, 5.74) is 12.5. The number of thioether (sulfide) groups is 1. The predicted octanol–water partition coefficient (Wildman–Crippen LogP) is 7.53. The van der Waals surface area contributed by atoms with E-state index in [0.717, 1.165) is 19.3 Å². The first-order valence-corrected chi connectivity index (χ1v) is 13.7. The van der Waals surface area contributed by atoms with Gasteiger partial charge in [0.15, 0.2) is 0 Å². The molecule has 36 heavy (non-hydrogen) atoms. The lowest BCUT2D eigenvalue weighted by molar-refractivity contribution is 1.03. The Morgan fingerprint density at radius 3 is 2.33 bits per heavy atom. The lowest BCUT2D eigenvalue weighted by Gasteiger charge is -2.34. The molecule has 0 spiro atoms. The van der Waals surface area contributed by atoms with Gasteiger partial charge < -0.3 is 4.57 Å². The van der Waals surface area contributed by atoms with Gasteiger partial charge in [-0.25, -0.2) is 0 Å². The zero-order valence-electron chi connectivity index (χ0n) is 19.9. The third-order valence-corrected chi connectivity index (χ3v) is 9.26. The second-order valence-electron chi connectivity index (χ2n) is 9.92. The van der Waals surface area contributed by atoms with Gasteiger partial charge in [-0.05, 0) is 58.4 Å². The lowest BCUT2D eigenvalue weighted by atomic mass is 9.34. The molecule has 4 aromatic carbocycles. The maximum absolute atomic E-state index is 2.58. The molecule has 1 aliphatic carbocycles. The van der Waals surface area contributed by atoms with E-state index in [1.54, 1.807) is 10.4 Å². The fraction of sp³-hybridized carbons (Fsp3) is 0.0909. The Balaban J connectivity index is 1.55. The molecular weight excluding hydrogens is 453 g/mol. The highest BCUT2D eigenvalue weighted by Gasteiger charge is 2.41. The van der Waals surface area contributed by atoms with Crippen molar-refractivity contribution in [2.45, 2.75) is 24.2 Å². The van der Waals surface area contributed by atoms with Gasteiger partial charge in [-0.1, -0.05) is 114 Å². The normalized spacial score (nSPS) is 15.6. The summed E-state index contributed by atoms with van der Waals surface area (Å²) >= 11 is 2.01. The molecule has 5 aromatic rings. The number of rotatable bonds is 2. The average molecular weight is 477 g/mol. The number of benzene rings is 4. The summed E-state index contributed by atoms with van der Waals surface area (Å²) in [4.78, 5) is 2.98. The summed E-state index contributed by atoms with van der Waals surface area (Å²) in [5, 5.41) is 1.35. The van der Waals surface area contributed by atoms with Crippen LogP contribution in [0.25, 0.3) is 39.0 Å². The minimum absolute atomic E-state index is 0.339. The third-order valence-electron chi connectivity index (χ3n) is 8.00. The second-order valence-corrected chi connectivity index (χ2v) is 11.1. The van der Waals surface area contributed by atoms with Crippen molar-refractivity contribution in [3.05, 3.63) is 120 Å². The van der Waals surface area contributed by atoms with Gasteiger partial charge in [0, 0.05) is 27.0 Å². The molecule has 0 amide bonds. The van der Waals surface area contributed by atoms with Crippen molar-refractivity contribution in [1.29, 1.82) is 0 Å². The van der Waals surface area contributed by atoms with E-state index in [1.807, 2.05) is 11.8 Å². The highest BCUT2D eigenvalue weighted by Crippen LogP contribution is 2.47. The highest BCUT2D eigenvalue weighted by atomic mass is 32.2. The Morgan fingerprint density at radius 1 is 0.722 bits per heavy atom. The van der Waals surface area contributed by atoms with E-state index in [9.17, 15) is 0 Å². The van der Waals surface area contributed by atoms with E-state index >= 15 is 0 Å². The van der Waals surface area contributed by atoms with Gasteiger partial charge in [-0.3, -0.25) is 0 Å². The van der Waals surface area contributed by atoms with Crippen LogP contribution in [-0.2, 0) is 0 Å². The first kappa shape index (κ1) is 20.5. The predicted molar refractivity (Wildman–Crippen MR) is 155 cm³/mol. The van der Waals surface area contributed by atoms with Crippen LogP contribution in [-0.4, -0.2) is 11.3 Å². The molecule has 0 atom stereocenters. The monoisotopic (exact) mass is 477 g/mol. The van der Waals surface area contributed by atoms with Crippen LogP contribution in [0.2, 0.25) is 0 Å². The lowest BCUT2D eigenvalue weighted by Crippen LogP contribution is -2.52. The van der Waals surface area contributed by atoms with Gasteiger partial charge >= 0.3 is 0 Å². The first-order chi connectivity index (χ1) is 17.9. The van der Waals surface area contributed by atoms with Crippen molar-refractivity contribution >= 4 is 40.3 Å². The summed E-state index contributed by atoms with van der Waals surface area (Å²) in [6, 6.07) is 35.9. The molecule has 0 fully saturated rings. The molecule has 0 saturated carbocycles. The van der Waals surface area contributed by atoms with Gasteiger partial charge in [-0.15, -0.1) is 0 Å². The third kappa shape index (κ3) is 2.81. The molecule has 0 unspecified atom stereocenters. The van der Waals surface area contributed by atoms with E-state index in [4.69, 9.17) is 0 Å². The fourth-order valence-electron chi connectivity index (χ4n) is 6.59. The number of fused-ring (bicyclic) bond motifs is 3. The number of para-hydroxylation sites is 1. The molecule has 170 valence electrons. The topological polar surface area (TPSA) is 4.93 Å². The van der Waals surface area contributed by atoms with Crippen LogP contribution in [0.15, 0.2) is 124 Å². The summed E-state index contributed by atoms with van der Waals surface area (Å²) < 4.78 is 2.58. The van der Waals surface area contributed by atoms with Crippen LogP contribution in [0.5, 0.6) is 0 Å². The van der Waals surface area contributed by atoms with E-state index in [-0.39, 0.29) is 0 Å². The van der Waals surface area contributed by atoms with Crippen molar-refractivity contribution in [2.24, 2.45) is 0 Å². The van der Waals surface area contributed by atoms with Crippen molar-refractivity contribution in [3.8, 4) is 28.1 Å². The molecule has 2 aliphatic heterocycles. The molecule has 0 saturated heterocycles. The second kappa shape index (κ2) is 7.91. The van der Waals surface area contributed by atoms with Crippen LogP contribution < -0.4 is 10.9 Å². The number of allylic oxidation sites excluding steroid dienone is 4. The van der Waals surface area contributed by atoms with Gasteiger partial charge in [0.1, 0.15) is 0 Å². The number of nitrogens with zero attached hydrogens (tertiary/aromatic N) is 1. The molecular formula is C33H24BNS. The highest BCUT2D eigenvalue weighted by molar-refractivity contribution is 8.03. The van der Waals surface area contributed by atoms with Crippen molar-refractivity contribution < 1.29 is 0 Å². The standard InChI is InChI=1S/C33H24BNS/c1-4-12-22(13-5-1)30-24-16-10-18-26-33(24)35(32(30)23-14-6-2-7-15-23)27-19-11-21-29-31(27)34(26)25-17-8-3-9-20-28(25)36-29/h1-7,9-16,18-19,21H,8,17,20H2. The number of hydrogen-bond acceptors (Lipinski definition) is 1. The van der Waals surface area contributed by atoms with Crippen LogP contribution >= 0.6 is 11.8 Å². The van der Waals surface area contributed by atoms with Crippen molar-refractivity contribution in [2.75, 3.05) is 0 Å². The Kier molecular flexibility index (Phi) is 4.51. The fourth-order valence-corrected chi connectivity index (χ4v) is 7.87. The minimum Gasteiger partial charge on any atom is -0.310 e. The van der Waals surface area contributed by atoms with Crippen LogP contribution in [0.3, 0.4) is 0 Å². The molecule has 3 heteroatoms. The molecule has 3 heterocycles. The Morgan fingerprint density at radius 2 is 1.50 bits per heavy atom. The minimum atomic E-state index is 0.339. The van der Waals surface area contributed by atoms with Crippen molar-refractivity contribution in [3.63, 3.8) is 0 Å². The van der Waals surface area contributed by atoms with Crippen LogP contribution in [0.1, 0.15) is 19.3 Å². The van der Waals surface area contributed by atoms with Gasteiger partial charge in [0.05, 0.1) is 5.69 Å².